The number of hydrogen-bond donors (Lipinski definition) is 1. The highest BCUT2D eigenvalue weighted by atomic mass is 32.2. The summed E-state index contributed by atoms with van der Waals surface area (Å²) in [7, 11) is 0. The molecular formula is C23H19N3O3S2. The Labute approximate surface area is 187 Å². The molecule has 1 N–H and O–H groups in total. The number of nitrogens with zero attached hydrogens (tertiary/aromatic N) is 2. The van der Waals surface area contributed by atoms with Crippen LogP contribution in [0.3, 0.4) is 0 Å². The van der Waals surface area contributed by atoms with Crippen molar-refractivity contribution in [2.45, 2.75) is 12.7 Å². The molecule has 1 aromatic heterocycles. The second kappa shape index (κ2) is 9.28. The van der Waals surface area contributed by atoms with Gasteiger partial charge in [0.1, 0.15) is 5.01 Å². The highest BCUT2D eigenvalue weighted by molar-refractivity contribution is 7.99. The number of amides is 1. The van der Waals surface area contributed by atoms with Gasteiger partial charge in [-0.1, -0.05) is 18.2 Å². The molecule has 0 saturated carbocycles. The van der Waals surface area contributed by atoms with Gasteiger partial charge in [0.25, 0.3) is 5.69 Å². The van der Waals surface area contributed by atoms with Crippen LogP contribution >= 0.6 is 23.1 Å². The summed E-state index contributed by atoms with van der Waals surface area (Å²) in [4.78, 5) is 27.2. The molecule has 0 aliphatic carbocycles. The number of aryl methyl sites for hydroxylation is 1. The van der Waals surface area contributed by atoms with E-state index in [-0.39, 0.29) is 11.6 Å². The lowest BCUT2D eigenvalue weighted by Gasteiger charge is -2.06. The number of thiazole rings is 1. The van der Waals surface area contributed by atoms with Gasteiger partial charge in [-0.15, -0.1) is 23.1 Å². The average molecular weight is 450 g/mol. The zero-order valence-corrected chi connectivity index (χ0v) is 18.3. The zero-order valence-electron chi connectivity index (χ0n) is 16.7. The van der Waals surface area contributed by atoms with Crippen molar-refractivity contribution in [2.24, 2.45) is 0 Å². The van der Waals surface area contributed by atoms with Gasteiger partial charge in [0.2, 0.25) is 5.91 Å². The summed E-state index contributed by atoms with van der Waals surface area (Å²) in [6, 6.07) is 20.3. The number of aromatic nitrogens is 1. The van der Waals surface area contributed by atoms with Crippen molar-refractivity contribution in [3.8, 4) is 10.6 Å². The van der Waals surface area contributed by atoms with E-state index in [1.807, 2.05) is 30.3 Å². The molecule has 0 aliphatic heterocycles. The molecule has 3 aromatic carbocycles. The van der Waals surface area contributed by atoms with Crippen molar-refractivity contribution in [3.63, 3.8) is 0 Å². The van der Waals surface area contributed by atoms with Crippen molar-refractivity contribution in [1.29, 1.82) is 0 Å². The Hall–Kier alpha value is -3.23. The first-order valence-corrected chi connectivity index (χ1v) is 11.5. The molecule has 0 aliphatic rings. The predicted molar refractivity (Wildman–Crippen MR) is 128 cm³/mol. The number of thioether (sulfide) groups is 1. The Kier molecular flexibility index (Phi) is 6.29. The molecule has 6 nitrogen and oxygen atoms in total. The lowest BCUT2D eigenvalue weighted by atomic mass is 10.2. The predicted octanol–water partition coefficient (Wildman–Crippen LogP) is 6.05. The van der Waals surface area contributed by atoms with Crippen molar-refractivity contribution >= 4 is 50.6 Å². The molecule has 0 bridgehead atoms. The molecular weight excluding hydrogens is 430 g/mol. The molecule has 0 atom stereocenters. The quantitative estimate of drug-likeness (QED) is 0.274. The summed E-state index contributed by atoms with van der Waals surface area (Å²) in [5.74, 6) is 0.826. The third-order valence-corrected chi connectivity index (χ3v) is 6.68. The highest BCUT2D eigenvalue weighted by Gasteiger charge is 2.09. The second-order valence-corrected chi connectivity index (χ2v) is 9.05. The summed E-state index contributed by atoms with van der Waals surface area (Å²) >= 11 is 3.12. The molecule has 4 aromatic rings. The fourth-order valence-electron chi connectivity index (χ4n) is 3.02. The van der Waals surface area contributed by atoms with Crippen LogP contribution in [0.2, 0.25) is 0 Å². The van der Waals surface area contributed by atoms with Crippen LogP contribution in [0.15, 0.2) is 66.7 Å². The van der Waals surface area contributed by atoms with Crippen LogP contribution in [-0.4, -0.2) is 21.6 Å². The van der Waals surface area contributed by atoms with Gasteiger partial charge in [-0.3, -0.25) is 14.9 Å². The van der Waals surface area contributed by atoms with Crippen molar-refractivity contribution in [1.82, 2.24) is 4.98 Å². The molecule has 0 unspecified atom stereocenters. The minimum atomic E-state index is -0.423. The minimum Gasteiger partial charge on any atom is -0.325 e. The van der Waals surface area contributed by atoms with E-state index < -0.39 is 4.92 Å². The molecule has 8 heteroatoms. The van der Waals surface area contributed by atoms with Crippen LogP contribution in [-0.2, 0) is 10.5 Å². The number of non-ortho nitro benzene ring substituents is 1. The van der Waals surface area contributed by atoms with E-state index in [2.05, 4.69) is 29.4 Å². The Balaban J connectivity index is 1.30. The van der Waals surface area contributed by atoms with Gasteiger partial charge < -0.3 is 5.32 Å². The summed E-state index contributed by atoms with van der Waals surface area (Å²) in [6.07, 6.45) is 0. The van der Waals surface area contributed by atoms with Gasteiger partial charge in [0.15, 0.2) is 0 Å². The number of nitro benzene ring substituents is 1. The van der Waals surface area contributed by atoms with Gasteiger partial charge in [-0.25, -0.2) is 4.98 Å². The maximum atomic E-state index is 12.2. The van der Waals surface area contributed by atoms with Gasteiger partial charge in [-0.2, -0.15) is 0 Å². The molecule has 0 radical (unpaired) electrons. The van der Waals surface area contributed by atoms with Crippen molar-refractivity contribution in [3.05, 3.63) is 88.0 Å². The number of nitro groups is 1. The fraction of sp³-hybridized carbons (Fsp3) is 0.130. The normalized spacial score (nSPS) is 10.9. The number of nitrogens with one attached hydrogen (secondary N) is 1. The Morgan fingerprint density at radius 1 is 1.10 bits per heavy atom. The number of fused-ring (bicyclic) bond motifs is 1. The largest absolute Gasteiger partial charge is 0.325 e. The SMILES string of the molecule is Cc1ccc2nc(-c3ccc(NC(=O)CSCc4ccc([N+](=O)[O-])cc4)cc3)sc2c1. The Bertz CT molecular complexity index is 1240. The van der Waals surface area contributed by atoms with Gasteiger partial charge >= 0.3 is 0 Å². The van der Waals surface area contributed by atoms with Crippen LogP contribution in [0.1, 0.15) is 11.1 Å². The number of rotatable bonds is 7. The minimum absolute atomic E-state index is 0.0656. The lowest BCUT2D eigenvalue weighted by molar-refractivity contribution is -0.384. The summed E-state index contributed by atoms with van der Waals surface area (Å²) < 4.78 is 1.16. The van der Waals surface area contributed by atoms with Crippen molar-refractivity contribution < 1.29 is 9.72 Å². The van der Waals surface area contributed by atoms with Crippen LogP contribution in [0.5, 0.6) is 0 Å². The number of benzene rings is 3. The molecule has 156 valence electrons. The first-order valence-electron chi connectivity index (χ1n) is 9.56. The number of anilines is 1. The molecule has 1 amide bonds. The van der Waals surface area contributed by atoms with E-state index in [0.717, 1.165) is 32.0 Å². The van der Waals surface area contributed by atoms with E-state index in [1.54, 1.807) is 23.5 Å². The number of carbonyl (C=O) groups is 1. The third-order valence-electron chi connectivity index (χ3n) is 4.61. The number of carbonyl (C=O) groups excluding carboxylic acids is 1. The van der Waals surface area contributed by atoms with Crippen molar-refractivity contribution in [2.75, 3.05) is 11.1 Å². The first-order chi connectivity index (χ1) is 15.0. The smallest absolute Gasteiger partial charge is 0.269 e. The molecule has 1 heterocycles. The van der Waals surface area contributed by atoms with E-state index in [0.29, 0.717) is 11.5 Å². The average Bonchev–Trinajstić information content (AvgIpc) is 3.18. The molecule has 31 heavy (non-hydrogen) atoms. The number of hydrogen-bond acceptors (Lipinski definition) is 6. The Morgan fingerprint density at radius 3 is 2.55 bits per heavy atom. The maximum Gasteiger partial charge on any atom is 0.269 e. The van der Waals surface area contributed by atoms with Gasteiger partial charge in [-0.05, 0) is 54.4 Å². The summed E-state index contributed by atoms with van der Waals surface area (Å²) in [6.45, 7) is 2.07. The second-order valence-electron chi connectivity index (χ2n) is 7.03. The summed E-state index contributed by atoms with van der Waals surface area (Å²) in [5.41, 5.74) is 4.97. The standard InChI is InChI=1S/C23H19N3O3S2/c1-15-2-11-20-21(12-15)31-23(25-20)17-5-7-18(8-6-17)24-22(27)14-30-13-16-3-9-19(10-4-16)26(28)29/h2-12H,13-14H2,1H3,(H,24,27). The van der Waals surface area contributed by atoms with Crippen LogP contribution in [0.4, 0.5) is 11.4 Å². The fourth-order valence-corrected chi connectivity index (χ4v) is 4.88. The third kappa shape index (κ3) is 5.28. The van der Waals surface area contributed by atoms with E-state index in [4.69, 9.17) is 0 Å². The Morgan fingerprint density at radius 2 is 1.84 bits per heavy atom. The molecule has 0 saturated heterocycles. The zero-order chi connectivity index (χ0) is 21.8. The van der Waals surface area contributed by atoms with Gasteiger partial charge in [0, 0.05) is 29.1 Å². The lowest BCUT2D eigenvalue weighted by Crippen LogP contribution is -2.14. The topological polar surface area (TPSA) is 85.1 Å². The highest BCUT2D eigenvalue weighted by Crippen LogP contribution is 2.31. The summed E-state index contributed by atoms with van der Waals surface area (Å²) in [5, 5.41) is 14.5. The van der Waals surface area contributed by atoms with E-state index in [9.17, 15) is 14.9 Å². The molecule has 4 rings (SSSR count). The van der Waals surface area contributed by atoms with E-state index in [1.165, 1.54) is 29.5 Å². The molecule has 0 fully saturated rings. The maximum absolute atomic E-state index is 12.2. The van der Waals surface area contributed by atoms with Crippen LogP contribution < -0.4 is 5.32 Å². The van der Waals surface area contributed by atoms with Gasteiger partial charge in [0.05, 0.1) is 20.9 Å². The van der Waals surface area contributed by atoms with Crippen LogP contribution in [0, 0.1) is 17.0 Å². The monoisotopic (exact) mass is 449 g/mol. The molecule has 0 spiro atoms. The first kappa shape index (κ1) is 21.0. The van der Waals surface area contributed by atoms with E-state index >= 15 is 0 Å². The van der Waals surface area contributed by atoms with Crippen LogP contribution in [0.25, 0.3) is 20.8 Å².